The lowest BCUT2D eigenvalue weighted by Gasteiger charge is -2.15. The molecule has 1 fully saturated rings. The molecule has 9 nitrogen and oxygen atoms in total. The number of halogens is 3. The van der Waals surface area contributed by atoms with Crippen LogP contribution in [0.4, 0.5) is 8.78 Å². The fourth-order valence-corrected chi connectivity index (χ4v) is 6.40. The number of hydrogen-bond acceptors (Lipinski definition) is 6. The summed E-state index contributed by atoms with van der Waals surface area (Å²) in [5.41, 5.74) is 3.33. The van der Waals surface area contributed by atoms with Crippen LogP contribution in [0.1, 0.15) is 54.0 Å². The number of terminal acetylenes is 1. The SMILES string of the molecule is C#Cc1cccc(F)c1.O=C1CC(O)CCN1.O=c1c2ccc(Br)cc2nc2n1CCC=C2.O=c1c2ccc(C#Cc3cccc(F)c3)cc2nc2n1CCC=C2. The molecule has 1 saturated heterocycles. The van der Waals surface area contributed by atoms with Gasteiger partial charge >= 0.3 is 0 Å². The number of benzene rings is 4. The molecule has 12 heteroatoms. The molecule has 1 amide bonds. The second-order valence-corrected chi connectivity index (χ2v) is 14.0. The fraction of sp³-hybridized carbons (Fsp3) is 0.178. The minimum Gasteiger partial charge on any atom is -0.393 e. The number of aromatic nitrogens is 4. The van der Waals surface area contributed by atoms with E-state index in [4.69, 9.17) is 11.5 Å². The quantitative estimate of drug-likeness (QED) is 0.160. The average Bonchev–Trinajstić information content (AvgIpc) is 3.21. The van der Waals surface area contributed by atoms with Crippen molar-refractivity contribution in [1.82, 2.24) is 24.4 Å². The maximum atomic E-state index is 13.2. The number of rotatable bonds is 0. The van der Waals surface area contributed by atoms with E-state index in [0.717, 1.165) is 40.8 Å². The molecular weight excluding hydrogens is 792 g/mol. The first-order valence-corrected chi connectivity index (χ1v) is 18.9. The van der Waals surface area contributed by atoms with E-state index in [1.807, 2.05) is 42.5 Å². The molecule has 9 rings (SSSR count). The van der Waals surface area contributed by atoms with Crippen LogP contribution >= 0.6 is 15.9 Å². The molecule has 0 aliphatic carbocycles. The van der Waals surface area contributed by atoms with E-state index < -0.39 is 6.10 Å². The smallest absolute Gasteiger partial charge is 0.261 e. The summed E-state index contributed by atoms with van der Waals surface area (Å²) in [6.45, 7) is 2.01. The number of nitrogens with one attached hydrogen (secondary N) is 1. The Kier molecular flexibility index (Phi) is 13.3. The minimum absolute atomic E-state index is 0.0241. The van der Waals surface area contributed by atoms with Crippen molar-refractivity contribution in [2.45, 2.75) is 44.9 Å². The van der Waals surface area contributed by atoms with Gasteiger partial charge in [-0.1, -0.05) is 58.0 Å². The average molecular weight is 829 g/mol. The van der Waals surface area contributed by atoms with Crippen molar-refractivity contribution in [1.29, 1.82) is 0 Å². The molecule has 0 radical (unpaired) electrons. The van der Waals surface area contributed by atoms with E-state index in [0.29, 0.717) is 52.8 Å². The Labute approximate surface area is 335 Å². The van der Waals surface area contributed by atoms with E-state index in [1.165, 1.54) is 24.3 Å². The first-order chi connectivity index (χ1) is 27.6. The third-order valence-corrected chi connectivity index (χ3v) is 9.39. The zero-order valence-corrected chi connectivity index (χ0v) is 32.2. The number of carbonyl (C=O) groups excluding carboxylic acids is 1. The van der Waals surface area contributed by atoms with Gasteiger partial charge in [-0.25, -0.2) is 18.7 Å². The molecule has 3 aliphatic heterocycles. The van der Waals surface area contributed by atoms with Gasteiger partial charge in [-0.2, -0.15) is 0 Å². The highest BCUT2D eigenvalue weighted by molar-refractivity contribution is 9.10. The van der Waals surface area contributed by atoms with Gasteiger partial charge in [0.15, 0.2) is 0 Å². The van der Waals surface area contributed by atoms with Gasteiger partial charge < -0.3 is 10.4 Å². The Balaban J connectivity index is 0.000000142. The maximum absolute atomic E-state index is 13.2. The van der Waals surface area contributed by atoms with Crippen molar-refractivity contribution in [2.75, 3.05) is 6.54 Å². The summed E-state index contributed by atoms with van der Waals surface area (Å²) in [7, 11) is 0. The number of hydrogen-bond donors (Lipinski definition) is 2. The van der Waals surface area contributed by atoms with Crippen LogP contribution in [0.2, 0.25) is 0 Å². The number of allylic oxidation sites excluding steroid dienone is 2. The normalized spacial score (nSPS) is 14.7. The fourth-order valence-electron chi connectivity index (χ4n) is 6.05. The van der Waals surface area contributed by atoms with Gasteiger partial charge in [-0.3, -0.25) is 23.5 Å². The number of fused-ring (bicyclic) bond motifs is 4. The van der Waals surface area contributed by atoms with Crippen LogP contribution in [0.15, 0.2) is 111 Å². The number of piperidine rings is 1. The van der Waals surface area contributed by atoms with Crippen molar-refractivity contribution in [2.24, 2.45) is 0 Å². The van der Waals surface area contributed by atoms with Crippen LogP contribution in [-0.4, -0.2) is 42.8 Å². The van der Waals surface area contributed by atoms with Crippen molar-refractivity contribution in [3.05, 3.63) is 162 Å². The molecular formula is C45H36BrF2N5O4. The van der Waals surface area contributed by atoms with E-state index >= 15 is 0 Å². The predicted octanol–water partition coefficient (Wildman–Crippen LogP) is 6.99. The third kappa shape index (κ3) is 10.6. The molecule has 57 heavy (non-hydrogen) atoms. The van der Waals surface area contributed by atoms with Crippen LogP contribution in [0.5, 0.6) is 0 Å². The number of aliphatic hydroxyl groups is 1. The summed E-state index contributed by atoms with van der Waals surface area (Å²) in [6.07, 6.45) is 15.2. The van der Waals surface area contributed by atoms with Crippen LogP contribution in [0.3, 0.4) is 0 Å². The highest BCUT2D eigenvalue weighted by atomic mass is 79.9. The Morgan fingerprint density at radius 1 is 0.737 bits per heavy atom. The summed E-state index contributed by atoms with van der Waals surface area (Å²) in [4.78, 5) is 44.1. The molecule has 1 atom stereocenters. The maximum Gasteiger partial charge on any atom is 0.261 e. The summed E-state index contributed by atoms with van der Waals surface area (Å²) in [5.74, 6) is 9.04. The zero-order valence-electron chi connectivity index (χ0n) is 30.6. The van der Waals surface area contributed by atoms with Crippen molar-refractivity contribution in [3.63, 3.8) is 0 Å². The van der Waals surface area contributed by atoms with Crippen LogP contribution < -0.4 is 16.4 Å². The number of aliphatic hydroxyl groups excluding tert-OH is 1. The minimum atomic E-state index is -0.399. The van der Waals surface area contributed by atoms with Crippen LogP contribution in [-0.2, 0) is 17.9 Å². The van der Waals surface area contributed by atoms with Gasteiger partial charge in [0.05, 0.1) is 34.3 Å². The second kappa shape index (κ2) is 18.9. The molecule has 2 aromatic heterocycles. The predicted molar refractivity (Wildman–Crippen MR) is 222 cm³/mol. The molecule has 6 aromatic rings. The van der Waals surface area contributed by atoms with Gasteiger partial charge in [0.25, 0.3) is 11.1 Å². The molecule has 0 saturated carbocycles. The molecule has 3 aliphatic rings. The summed E-state index contributed by atoms with van der Waals surface area (Å²) in [6, 6.07) is 23.0. The highest BCUT2D eigenvalue weighted by Gasteiger charge is 2.15. The van der Waals surface area contributed by atoms with E-state index in [1.54, 1.807) is 51.6 Å². The lowest BCUT2D eigenvalue weighted by atomic mass is 10.1. The van der Waals surface area contributed by atoms with Crippen LogP contribution in [0, 0.1) is 35.8 Å². The van der Waals surface area contributed by atoms with E-state index in [-0.39, 0.29) is 35.1 Å². The van der Waals surface area contributed by atoms with Crippen molar-refractivity contribution < 1.29 is 18.7 Å². The molecule has 4 aromatic carbocycles. The van der Waals surface area contributed by atoms with Gasteiger partial charge in [0, 0.05) is 40.8 Å². The van der Waals surface area contributed by atoms with Crippen LogP contribution in [0.25, 0.3) is 34.0 Å². The van der Waals surface area contributed by atoms with E-state index in [9.17, 15) is 23.2 Å². The van der Waals surface area contributed by atoms with Gasteiger partial charge in [0.1, 0.15) is 23.3 Å². The lowest BCUT2D eigenvalue weighted by molar-refractivity contribution is -0.124. The topological polar surface area (TPSA) is 119 Å². The molecule has 286 valence electrons. The van der Waals surface area contributed by atoms with Gasteiger partial charge in [-0.15, -0.1) is 6.42 Å². The van der Waals surface area contributed by atoms with Crippen molar-refractivity contribution in [3.8, 4) is 24.2 Å². The second-order valence-electron chi connectivity index (χ2n) is 13.0. The largest absolute Gasteiger partial charge is 0.393 e. The van der Waals surface area contributed by atoms with E-state index in [2.05, 4.69) is 49.0 Å². The molecule has 0 bridgehead atoms. The van der Waals surface area contributed by atoms with Crippen molar-refractivity contribution >= 4 is 55.8 Å². The Hall–Kier alpha value is -6.47. The monoisotopic (exact) mass is 827 g/mol. The third-order valence-electron chi connectivity index (χ3n) is 8.89. The van der Waals surface area contributed by atoms with Gasteiger partial charge in [0.2, 0.25) is 5.91 Å². The Morgan fingerprint density at radius 2 is 1.28 bits per heavy atom. The number of amides is 1. The number of carbonyl (C=O) groups is 1. The molecule has 1 unspecified atom stereocenters. The van der Waals surface area contributed by atoms with Gasteiger partial charge in [-0.05, 0) is 104 Å². The first kappa shape index (κ1) is 40.2. The summed E-state index contributed by atoms with van der Waals surface area (Å²) < 4.78 is 29.8. The highest BCUT2D eigenvalue weighted by Crippen LogP contribution is 2.18. The summed E-state index contributed by atoms with van der Waals surface area (Å²) in [5, 5.41) is 12.7. The lowest BCUT2D eigenvalue weighted by Crippen LogP contribution is -2.35. The molecule has 5 heterocycles. The standard InChI is InChI=1S/C20H13FN2O.C12H9BrN2O.C8H5F.C5H9NO2/c21-16-5-3-4-14(12-16)7-8-15-9-10-17-18(13-15)22-19-6-1-2-11-23(19)20(17)24;13-8-4-5-9-10(7-8)14-11-3-1-2-6-15(11)12(9)16;1-2-7-4-3-5-8(9)6-7;7-4-1-2-6-5(8)3-4/h1,3-6,9-10,12-13H,2,11H2;1,3-5,7H,2,6H2;1,3-6H;4,7H,1-3H2,(H,6,8). The molecule has 2 N–H and O–H groups in total. The summed E-state index contributed by atoms with van der Waals surface area (Å²) >= 11 is 3.39. The molecule has 0 spiro atoms. The Morgan fingerprint density at radius 3 is 1.81 bits per heavy atom. The Bertz CT molecular complexity index is 2760. The number of nitrogens with zero attached hydrogens (tertiary/aromatic N) is 4. The first-order valence-electron chi connectivity index (χ1n) is 18.1. The zero-order chi connectivity index (χ0) is 40.3.